The van der Waals surface area contributed by atoms with Gasteiger partial charge in [-0.05, 0) is 59.9 Å². The number of β-amino-alcohol motifs (C(OH)–C–C–N with tert-alkyl or cyclic N) is 1. The number of likely N-dealkylation sites (tertiary alicyclic amines) is 1. The lowest BCUT2D eigenvalue weighted by atomic mass is 9.96. The van der Waals surface area contributed by atoms with Crippen molar-refractivity contribution < 1.29 is 28.9 Å². The van der Waals surface area contributed by atoms with Gasteiger partial charge in [0, 0.05) is 37.1 Å². The molecule has 1 fully saturated rings. The lowest BCUT2D eigenvalue weighted by molar-refractivity contribution is -0.132. The van der Waals surface area contributed by atoms with Crippen molar-refractivity contribution in [2.45, 2.75) is 32.7 Å². The Balaban J connectivity index is 1.27. The van der Waals surface area contributed by atoms with Gasteiger partial charge in [0.05, 0.1) is 22.3 Å². The number of nitrogens with zero attached hydrogens (tertiary/aromatic N) is 3. The predicted molar refractivity (Wildman–Crippen MR) is 164 cm³/mol. The van der Waals surface area contributed by atoms with Gasteiger partial charge < -0.3 is 24.2 Å². The van der Waals surface area contributed by atoms with Crippen LogP contribution in [0.4, 0.5) is 0 Å². The maximum Gasteiger partial charge on any atom is 0.260 e. The van der Waals surface area contributed by atoms with E-state index in [1.54, 1.807) is 29.3 Å². The van der Waals surface area contributed by atoms with Crippen LogP contribution < -0.4 is 14.2 Å². The Morgan fingerprint density at radius 2 is 1.91 bits per heavy atom. The number of aldehydes is 1. The van der Waals surface area contributed by atoms with Gasteiger partial charge in [0.15, 0.2) is 12.9 Å². The molecule has 0 saturated carbocycles. The Morgan fingerprint density at radius 3 is 2.68 bits per heavy atom. The number of nitriles is 1. The van der Waals surface area contributed by atoms with Gasteiger partial charge in [0.1, 0.15) is 36.5 Å². The van der Waals surface area contributed by atoms with Crippen molar-refractivity contribution in [2.24, 2.45) is 0 Å². The number of amides is 1. The molecular formula is C34H30ClN3O6. The van der Waals surface area contributed by atoms with Gasteiger partial charge in [0.25, 0.3) is 5.91 Å². The number of aliphatic hydroxyl groups excluding tert-OH is 1. The summed E-state index contributed by atoms with van der Waals surface area (Å²) in [6.07, 6.45) is 3.82. The van der Waals surface area contributed by atoms with E-state index in [1.807, 2.05) is 49.4 Å². The first-order valence-electron chi connectivity index (χ1n) is 14.0. The number of carbonyl (C=O) groups excluding carboxylic acids is 2. The van der Waals surface area contributed by atoms with Crippen molar-refractivity contribution in [3.63, 3.8) is 0 Å². The molecule has 1 aromatic heterocycles. The summed E-state index contributed by atoms with van der Waals surface area (Å²) in [6.45, 7) is 3.09. The summed E-state index contributed by atoms with van der Waals surface area (Å²) < 4.78 is 17.8. The first-order valence-corrected chi connectivity index (χ1v) is 14.4. The first-order chi connectivity index (χ1) is 21.3. The number of rotatable bonds is 11. The van der Waals surface area contributed by atoms with Crippen LogP contribution in [0, 0.1) is 18.3 Å². The SMILES string of the molecule is Cc1c(COc2cc(OCc3cncc(C#N)c3)c(C=O)cc2Cl)cccc1-c1cccc(OCC(=O)N2CCC(O)C2)c1. The number of carbonyl (C=O) groups is 2. The lowest BCUT2D eigenvalue weighted by Gasteiger charge is -2.17. The minimum atomic E-state index is -0.472. The number of benzene rings is 3. The topological polar surface area (TPSA) is 122 Å². The molecule has 0 radical (unpaired) electrons. The Kier molecular flexibility index (Phi) is 9.75. The number of halogens is 1. The monoisotopic (exact) mass is 611 g/mol. The molecule has 224 valence electrons. The van der Waals surface area contributed by atoms with Crippen LogP contribution in [0.2, 0.25) is 5.02 Å². The Labute approximate surface area is 260 Å². The van der Waals surface area contributed by atoms with E-state index in [0.717, 1.165) is 22.3 Å². The van der Waals surface area contributed by atoms with Gasteiger partial charge in [-0.1, -0.05) is 41.9 Å². The average Bonchev–Trinajstić information content (AvgIpc) is 3.49. The molecule has 1 amide bonds. The summed E-state index contributed by atoms with van der Waals surface area (Å²) in [7, 11) is 0. The van der Waals surface area contributed by atoms with E-state index in [0.29, 0.717) is 54.2 Å². The van der Waals surface area contributed by atoms with Crippen LogP contribution in [0.5, 0.6) is 17.2 Å². The number of aromatic nitrogens is 1. The quantitative estimate of drug-likeness (QED) is 0.220. The zero-order chi connectivity index (χ0) is 31.1. The van der Waals surface area contributed by atoms with E-state index in [1.165, 1.54) is 12.3 Å². The zero-order valence-corrected chi connectivity index (χ0v) is 24.8. The van der Waals surface area contributed by atoms with Crippen molar-refractivity contribution >= 4 is 23.8 Å². The molecule has 9 nitrogen and oxygen atoms in total. The summed E-state index contributed by atoms with van der Waals surface area (Å²) in [5, 5.41) is 19.1. The molecule has 5 rings (SSSR count). The van der Waals surface area contributed by atoms with Gasteiger partial charge >= 0.3 is 0 Å². The second-order valence-corrected chi connectivity index (χ2v) is 10.8. The van der Waals surface area contributed by atoms with Gasteiger partial charge in [0.2, 0.25) is 0 Å². The summed E-state index contributed by atoms with van der Waals surface area (Å²) in [5.41, 5.74) is 5.18. The molecular weight excluding hydrogens is 582 g/mol. The minimum Gasteiger partial charge on any atom is -0.488 e. The normalized spacial score (nSPS) is 14.1. The third-order valence-corrected chi connectivity index (χ3v) is 7.66. The van der Waals surface area contributed by atoms with Crippen molar-refractivity contribution in [2.75, 3.05) is 19.7 Å². The molecule has 4 aromatic rings. The summed E-state index contributed by atoms with van der Waals surface area (Å²) in [4.78, 5) is 29.8. The molecule has 0 aliphatic carbocycles. The van der Waals surface area contributed by atoms with E-state index in [-0.39, 0.29) is 36.3 Å². The molecule has 1 N–H and O–H groups in total. The molecule has 1 aliphatic rings. The van der Waals surface area contributed by atoms with Crippen LogP contribution in [0.3, 0.4) is 0 Å². The molecule has 0 bridgehead atoms. The fourth-order valence-corrected chi connectivity index (χ4v) is 5.16. The minimum absolute atomic E-state index is 0.0957. The molecule has 2 heterocycles. The van der Waals surface area contributed by atoms with Crippen molar-refractivity contribution in [3.05, 3.63) is 106 Å². The van der Waals surface area contributed by atoms with E-state index < -0.39 is 6.10 Å². The molecule has 1 unspecified atom stereocenters. The fourth-order valence-electron chi connectivity index (χ4n) is 4.93. The number of ether oxygens (including phenoxy) is 3. The number of pyridine rings is 1. The summed E-state index contributed by atoms with van der Waals surface area (Å²) >= 11 is 6.45. The molecule has 1 saturated heterocycles. The highest BCUT2D eigenvalue weighted by Gasteiger charge is 2.24. The Morgan fingerprint density at radius 1 is 1.09 bits per heavy atom. The largest absolute Gasteiger partial charge is 0.488 e. The first kappa shape index (κ1) is 30.5. The fraction of sp³-hybridized carbons (Fsp3) is 0.235. The molecule has 10 heteroatoms. The highest BCUT2D eigenvalue weighted by molar-refractivity contribution is 6.32. The maximum atomic E-state index is 12.4. The van der Waals surface area contributed by atoms with Crippen LogP contribution in [0.15, 0.2) is 73.1 Å². The Bertz CT molecular complexity index is 1720. The standard InChI is InChI=1S/C34H30ClN3O6/c1-22-26(5-3-7-30(22)25-4-2-6-29(11-25)42-21-34(41)38-9-8-28(40)17-38)20-44-33-13-32(27(18-39)12-31(33)35)43-19-24-10-23(14-36)15-37-16-24/h2-7,10-13,15-16,18,28,40H,8-9,17,19-21H2,1H3. The van der Waals surface area contributed by atoms with Crippen molar-refractivity contribution in [3.8, 4) is 34.4 Å². The molecule has 44 heavy (non-hydrogen) atoms. The van der Waals surface area contributed by atoms with E-state index in [9.17, 15) is 14.7 Å². The van der Waals surface area contributed by atoms with Crippen molar-refractivity contribution in [1.29, 1.82) is 5.26 Å². The predicted octanol–water partition coefficient (Wildman–Crippen LogP) is 5.52. The molecule has 3 aromatic carbocycles. The van der Waals surface area contributed by atoms with Crippen LogP contribution >= 0.6 is 11.6 Å². The van der Waals surface area contributed by atoms with Crippen LogP contribution in [0.1, 0.15) is 39.0 Å². The smallest absolute Gasteiger partial charge is 0.260 e. The van der Waals surface area contributed by atoms with Crippen LogP contribution in [-0.2, 0) is 18.0 Å². The maximum absolute atomic E-state index is 12.4. The number of hydrogen-bond acceptors (Lipinski definition) is 8. The van der Waals surface area contributed by atoms with Gasteiger partial charge in [-0.15, -0.1) is 0 Å². The zero-order valence-electron chi connectivity index (χ0n) is 24.0. The summed E-state index contributed by atoms with van der Waals surface area (Å²) in [5.74, 6) is 1.07. The second-order valence-electron chi connectivity index (χ2n) is 10.4. The summed E-state index contributed by atoms with van der Waals surface area (Å²) in [6, 6.07) is 20.2. The highest BCUT2D eigenvalue weighted by Crippen LogP contribution is 2.34. The lowest BCUT2D eigenvalue weighted by Crippen LogP contribution is -2.33. The van der Waals surface area contributed by atoms with Crippen molar-refractivity contribution in [1.82, 2.24) is 9.88 Å². The van der Waals surface area contributed by atoms with E-state index in [2.05, 4.69) is 4.98 Å². The molecule has 0 spiro atoms. The van der Waals surface area contributed by atoms with Gasteiger partial charge in [-0.2, -0.15) is 5.26 Å². The third-order valence-electron chi connectivity index (χ3n) is 7.36. The molecule has 1 atom stereocenters. The number of hydrogen-bond donors (Lipinski definition) is 1. The third kappa shape index (κ3) is 7.35. The van der Waals surface area contributed by atoms with Gasteiger partial charge in [-0.25, -0.2) is 0 Å². The highest BCUT2D eigenvalue weighted by atomic mass is 35.5. The van der Waals surface area contributed by atoms with Crippen LogP contribution in [0.25, 0.3) is 11.1 Å². The number of aliphatic hydroxyl groups is 1. The molecule has 1 aliphatic heterocycles. The van der Waals surface area contributed by atoms with E-state index in [4.69, 9.17) is 31.1 Å². The second kappa shape index (κ2) is 14.0. The average molecular weight is 612 g/mol. The van der Waals surface area contributed by atoms with Gasteiger partial charge in [-0.3, -0.25) is 14.6 Å². The Hall–Kier alpha value is -4.91. The van der Waals surface area contributed by atoms with E-state index >= 15 is 0 Å². The van der Waals surface area contributed by atoms with Crippen LogP contribution in [-0.4, -0.2) is 53.0 Å².